The second-order valence-electron chi connectivity index (χ2n) is 4.35. The summed E-state index contributed by atoms with van der Waals surface area (Å²) in [7, 11) is 0. The Morgan fingerprint density at radius 3 is 2.61 bits per heavy atom. The van der Waals surface area contributed by atoms with Gasteiger partial charge in [0.2, 0.25) is 5.91 Å². The smallest absolute Gasteiger partial charge is 0.220 e. The third kappa shape index (κ3) is 6.84. The lowest BCUT2D eigenvalue weighted by molar-refractivity contribution is -0.121. The van der Waals surface area contributed by atoms with Crippen molar-refractivity contribution in [3.05, 3.63) is 35.9 Å². The van der Waals surface area contributed by atoms with Gasteiger partial charge in [0.05, 0.1) is 0 Å². The van der Waals surface area contributed by atoms with Crippen molar-refractivity contribution in [2.24, 2.45) is 0 Å². The second-order valence-corrected chi connectivity index (χ2v) is 4.35. The Morgan fingerprint density at radius 1 is 1.11 bits per heavy atom. The largest absolute Gasteiger partial charge is 0.356 e. The molecular weight excluding hydrogens is 226 g/mol. The van der Waals surface area contributed by atoms with Gasteiger partial charge in [-0.25, -0.2) is 0 Å². The minimum Gasteiger partial charge on any atom is -0.356 e. The number of nitrogens with one attached hydrogen (secondary N) is 1. The first-order valence-electron chi connectivity index (χ1n) is 6.57. The lowest BCUT2D eigenvalue weighted by Gasteiger charge is -2.04. The van der Waals surface area contributed by atoms with Gasteiger partial charge >= 0.3 is 0 Å². The second kappa shape index (κ2) is 9.40. The Labute approximate surface area is 109 Å². The monoisotopic (exact) mass is 247 g/mol. The van der Waals surface area contributed by atoms with Gasteiger partial charge in [-0.3, -0.25) is 4.79 Å². The Bertz CT molecular complexity index is 349. The van der Waals surface area contributed by atoms with Gasteiger partial charge in [-0.1, -0.05) is 36.8 Å². The fourth-order valence-corrected chi connectivity index (χ4v) is 1.75. The van der Waals surface area contributed by atoms with Crippen LogP contribution >= 0.6 is 0 Å². The number of carbonyl (C=O) groups is 2. The first kappa shape index (κ1) is 14.4. The van der Waals surface area contributed by atoms with Crippen LogP contribution in [0, 0.1) is 0 Å². The molecule has 3 nitrogen and oxygen atoms in total. The maximum absolute atomic E-state index is 11.5. The number of unbranched alkanes of at least 4 members (excludes halogenated alkanes) is 3. The van der Waals surface area contributed by atoms with Crippen LogP contribution in [0.15, 0.2) is 30.3 Å². The number of carbonyl (C=O) groups excluding carboxylic acids is 2. The molecular formula is C15H21NO2. The number of aryl methyl sites for hydroxylation is 1. The van der Waals surface area contributed by atoms with Gasteiger partial charge in [-0.15, -0.1) is 0 Å². The van der Waals surface area contributed by atoms with E-state index < -0.39 is 0 Å². The predicted octanol–water partition coefficient (Wildman–Crippen LogP) is 2.49. The van der Waals surface area contributed by atoms with E-state index in [-0.39, 0.29) is 5.91 Å². The van der Waals surface area contributed by atoms with Crippen molar-refractivity contribution in [3.8, 4) is 0 Å². The van der Waals surface area contributed by atoms with Gasteiger partial charge in [-0.05, 0) is 24.8 Å². The van der Waals surface area contributed by atoms with Crippen molar-refractivity contribution >= 4 is 12.2 Å². The van der Waals surface area contributed by atoms with Crippen LogP contribution in [0.25, 0.3) is 0 Å². The van der Waals surface area contributed by atoms with Gasteiger partial charge in [0, 0.05) is 19.4 Å². The fourth-order valence-electron chi connectivity index (χ4n) is 1.75. The summed E-state index contributed by atoms with van der Waals surface area (Å²) >= 11 is 0. The van der Waals surface area contributed by atoms with Crippen molar-refractivity contribution in [2.75, 3.05) is 6.54 Å². The molecule has 0 aliphatic heterocycles. The normalized spacial score (nSPS) is 10.0. The molecule has 98 valence electrons. The van der Waals surface area contributed by atoms with Crippen LogP contribution in [0.2, 0.25) is 0 Å². The lowest BCUT2D eigenvalue weighted by atomic mass is 10.1. The molecule has 1 aromatic rings. The molecule has 0 unspecified atom stereocenters. The van der Waals surface area contributed by atoms with Crippen LogP contribution in [0.1, 0.15) is 37.7 Å². The van der Waals surface area contributed by atoms with E-state index >= 15 is 0 Å². The van der Waals surface area contributed by atoms with Gasteiger partial charge in [0.25, 0.3) is 0 Å². The zero-order chi connectivity index (χ0) is 13.1. The topological polar surface area (TPSA) is 46.2 Å². The van der Waals surface area contributed by atoms with Crippen LogP contribution < -0.4 is 5.32 Å². The van der Waals surface area contributed by atoms with Crippen molar-refractivity contribution in [3.63, 3.8) is 0 Å². The predicted molar refractivity (Wildman–Crippen MR) is 72.3 cm³/mol. The van der Waals surface area contributed by atoms with Crippen LogP contribution in [0.4, 0.5) is 0 Å². The maximum atomic E-state index is 11.5. The Balaban J connectivity index is 2.02. The van der Waals surface area contributed by atoms with Gasteiger partial charge in [0.1, 0.15) is 6.29 Å². The van der Waals surface area contributed by atoms with Crippen LogP contribution in [0.3, 0.4) is 0 Å². The van der Waals surface area contributed by atoms with E-state index in [4.69, 9.17) is 0 Å². The van der Waals surface area contributed by atoms with E-state index in [1.165, 1.54) is 5.56 Å². The van der Waals surface area contributed by atoms with Crippen molar-refractivity contribution in [2.45, 2.75) is 38.5 Å². The summed E-state index contributed by atoms with van der Waals surface area (Å²) in [5, 5.41) is 2.90. The molecule has 0 fully saturated rings. The minimum absolute atomic E-state index is 0.106. The molecule has 0 saturated carbocycles. The summed E-state index contributed by atoms with van der Waals surface area (Å²) in [5.74, 6) is 0.106. The number of amides is 1. The molecule has 18 heavy (non-hydrogen) atoms. The Hall–Kier alpha value is -1.64. The van der Waals surface area contributed by atoms with Crippen molar-refractivity contribution in [1.29, 1.82) is 0 Å². The highest BCUT2D eigenvalue weighted by Gasteiger charge is 2.01. The standard InChI is InChI=1S/C15H21NO2/c17-13-7-2-1-6-12-16-15(18)11-10-14-8-4-3-5-9-14/h3-5,8-9,13H,1-2,6-7,10-12H2,(H,16,18). The fraction of sp³-hybridized carbons (Fsp3) is 0.467. The average molecular weight is 247 g/mol. The molecule has 0 aromatic heterocycles. The summed E-state index contributed by atoms with van der Waals surface area (Å²) < 4.78 is 0. The van der Waals surface area contributed by atoms with E-state index in [2.05, 4.69) is 5.32 Å². The maximum Gasteiger partial charge on any atom is 0.220 e. The molecule has 3 heteroatoms. The van der Waals surface area contributed by atoms with Gasteiger partial charge < -0.3 is 10.1 Å². The highest BCUT2D eigenvalue weighted by atomic mass is 16.1. The molecule has 1 N–H and O–H groups in total. The SMILES string of the molecule is O=CCCCCCNC(=O)CCc1ccccc1. The Kier molecular flexibility index (Phi) is 7.53. The number of rotatable bonds is 9. The molecule has 0 bridgehead atoms. The third-order valence-corrected chi connectivity index (χ3v) is 2.80. The van der Waals surface area contributed by atoms with Crippen molar-refractivity contribution in [1.82, 2.24) is 5.32 Å². The number of hydrogen-bond donors (Lipinski definition) is 1. The third-order valence-electron chi connectivity index (χ3n) is 2.80. The molecule has 1 aromatic carbocycles. The van der Waals surface area contributed by atoms with E-state index in [9.17, 15) is 9.59 Å². The van der Waals surface area contributed by atoms with E-state index in [1.807, 2.05) is 30.3 Å². The van der Waals surface area contributed by atoms with Gasteiger partial charge in [-0.2, -0.15) is 0 Å². The molecule has 0 aliphatic rings. The number of benzene rings is 1. The van der Waals surface area contributed by atoms with Gasteiger partial charge in [0.15, 0.2) is 0 Å². The molecule has 1 rings (SSSR count). The number of aldehydes is 1. The zero-order valence-corrected chi connectivity index (χ0v) is 10.7. The van der Waals surface area contributed by atoms with E-state index in [1.54, 1.807) is 0 Å². The summed E-state index contributed by atoms with van der Waals surface area (Å²) in [6, 6.07) is 10.0. The highest BCUT2D eigenvalue weighted by molar-refractivity contribution is 5.76. The minimum atomic E-state index is 0.106. The molecule has 0 spiro atoms. The quantitative estimate of drug-likeness (QED) is 0.538. The molecule has 0 aliphatic carbocycles. The summed E-state index contributed by atoms with van der Waals surface area (Å²) in [5.41, 5.74) is 1.19. The van der Waals surface area contributed by atoms with E-state index in [0.29, 0.717) is 19.4 Å². The zero-order valence-electron chi connectivity index (χ0n) is 10.7. The summed E-state index contributed by atoms with van der Waals surface area (Å²) in [4.78, 5) is 21.6. The van der Waals surface area contributed by atoms with Crippen LogP contribution in [0.5, 0.6) is 0 Å². The molecule has 0 saturated heterocycles. The van der Waals surface area contributed by atoms with Crippen molar-refractivity contribution < 1.29 is 9.59 Å². The van der Waals surface area contributed by atoms with Crippen LogP contribution in [-0.2, 0) is 16.0 Å². The van der Waals surface area contributed by atoms with Crippen LogP contribution in [-0.4, -0.2) is 18.7 Å². The highest BCUT2D eigenvalue weighted by Crippen LogP contribution is 2.02. The lowest BCUT2D eigenvalue weighted by Crippen LogP contribution is -2.24. The molecule has 0 radical (unpaired) electrons. The summed E-state index contributed by atoms with van der Waals surface area (Å²) in [6.45, 7) is 0.715. The first-order chi connectivity index (χ1) is 8.83. The molecule has 0 heterocycles. The Morgan fingerprint density at radius 2 is 1.89 bits per heavy atom. The average Bonchev–Trinajstić information content (AvgIpc) is 2.41. The molecule has 0 atom stereocenters. The first-order valence-corrected chi connectivity index (χ1v) is 6.57. The number of hydrogen-bond acceptors (Lipinski definition) is 2. The molecule has 1 amide bonds. The van der Waals surface area contributed by atoms with E-state index in [0.717, 1.165) is 32.0 Å². The summed E-state index contributed by atoms with van der Waals surface area (Å²) in [6.07, 6.45) is 5.77.